The van der Waals surface area contributed by atoms with Crippen LogP contribution in [0.5, 0.6) is 0 Å². The molecule has 5 rings (SSSR count). The maximum atomic E-state index is 12.4. The van der Waals surface area contributed by atoms with Gasteiger partial charge in [0.25, 0.3) is 0 Å². The Morgan fingerprint density at radius 2 is 2.03 bits per heavy atom. The summed E-state index contributed by atoms with van der Waals surface area (Å²) in [6.07, 6.45) is 9.48. The normalized spacial score (nSPS) is 14.2. The number of anilines is 1. The van der Waals surface area contributed by atoms with Crippen molar-refractivity contribution in [1.82, 2.24) is 19.7 Å². The van der Waals surface area contributed by atoms with E-state index in [0.717, 1.165) is 46.6 Å². The molecule has 7 heteroatoms. The zero-order valence-corrected chi connectivity index (χ0v) is 19.0. The second-order valence-corrected chi connectivity index (χ2v) is 8.96. The molecule has 33 heavy (non-hydrogen) atoms. The smallest absolute Gasteiger partial charge is 0.226 e. The molecule has 0 spiro atoms. The number of rotatable bonds is 8. The monoisotopic (exact) mass is 443 g/mol. The Bertz CT molecular complexity index is 1250. The summed E-state index contributed by atoms with van der Waals surface area (Å²) in [5, 5.41) is 7.16. The number of hydrogen-bond donors (Lipinski definition) is 1. The number of imidazole rings is 1. The number of benzene rings is 2. The van der Waals surface area contributed by atoms with E-state index in [4.69, 9.17) is 4.52 Å². The summed E-state index contributed by atoms with van der Waals surface area (Å²) in [4.78, 5) is 21.5. The molecule has 1 fully saturated rings. The van der Waals surface area contributed by atoms with Crippen molar-refractivity contribution in [3.63, 3.8) is 0 Å². The number of amides is 1. The molecular formula is C26H29N5O2. The first-order valence-electron chi connectivity index (χ1n) is 11.8. The lowest BCUT2D eigenvalue weighted by molar-refractivity contribution is -0.116. The summed E-state index contributed by atoms with van der Waals surface area (Å²) in [5.74, 6) is 2.10. The molecule has 0 saturated heterocycles. The van der Waals surface area contributed by atoms with E-state index in [9.17, 15) is 4.79 Å². The minimum atomic E-state index is -0.0142. The van der Waals surface area contributed by atoms with Crippen molar-refractivity contribution in [2.75, 3.05) is 5.32 Å². The van der Waals surface area contributed by atoms with Gasteiger partial charge in [0.1, 0.15) is 0 Å². The summed E-state index contributed by atoms with van der Waals surface area (Å²) in [6.45, 7) is 2.54. The third kappa shape index (κ3) is 4.97. The zero-order valence-electron chi connectivity index (χ0n) is 19.0. The van der Waals surface area contributed by atoms with Crippen molar-refractivity contribution in [3.8, 4) is 11.4 Å². The van der Waals surface area contributed by atoms with Gasteiger partial charge in [-0.2, -0.15) is 4.98 Å². The van der Waals surface area contributed by atoms with Crippen LogP contribution in [0.4, 0.5) is 5.69 Å². The summed E-state index contributed by atoms with van der Waals surface area (Å²) in [6, 6.07) is 13.8. The quantitative estimate of drug-likeness (QED) is 0.386. The first-order chi connectivity index (χ1) is 16.2. The number of para-hydroxylation sites is 1. The minimum absolute atomic E-state index is 0.0142. The maximum Gasteiger partial charge on any atom is 0.226 e. The van der Waals surface area contributed by atoms with E-state index in [2.05, 4.69) is 20.4 Å². The molecule has 0 radical (unpaired) electrons. The highest BCUT2D eigenvalue weighted by Gasteiger charge is 2.17. The number of nitrogens with zero attached hydrogens (tertiary/aromatic N) is 4. The van der Waals surface area contributed by atoms with E-state index in [-0.39, 0.29) is 5.91 Å². The molecule has 7 nitrogen and oxygen atoms in total. The summed E-state index contributed by atoms with van der Waals surface area (Å²) in [5.41, 5.74) is 4.62. The van der Waals surface area contributed by atoms with Crippen LogP contribution in [0.3, 0.4) is 0 Å². The maximum absolute atomic E-state index is 12.4. The second kappa shape index (κ2) is 9.57. The average molecular weight is 444 g/mol. The van der Waals surface area contributed by atoms with Gasteiger partial charge in [0, 0.05) is 30.6 Å². The van der Waals surface area contributed by atoms with Crippen molar-refractivity contribution in [2.24, 2.45) is 5.92 Å². The fourth-order valence-corrected chi connectivity index (χ4v) is 4.63. The molecule has 1 aliphatic carbocycles. The molecule has 2 aromatic carbocycles. The highest BCUT2D eigenvalue weighted by molar-refractivity contribution is 5.91. The lowest BCUT2D eigenvalue weighted by atomic mass is 10.0. The summed E-state index contributed by atoms with van der Waals surface area (Å²) < 4.78 is 7.49. The first-order valence-corrected chi connectivity index (χ1v) is 11.8. The van der Waals surface area contributed by atoms with Gasteiger partial charge in [0.15, 0.2) is 0 Å². The Kier molecular flexibility index (Phi) is 6.19. The zero-order chi connectivity index (χ0) is 22.6. The van der Waals surface area contributed by atoms with Gasteiger partial charge in [-0.1, -0.05) is 49.0 Å². The van der Waals surface area contributed by atoms with Crippen LogP contribution >= 0.6 is 0 Å². The van der Waals surface area contributed by atoms with E-state index in [1.165, 1.54) is 25.7 Å². The number of carbonyl (C=O) groups excluding carboxylic acids is 1. The van der Waals surface area contributed by atoms with Crippen LogP contribution in [-0.4, -0.2) is 25.6 Å². The SMILES string of the molecule is Cc1ccccc1NC(=O)CCn1cnc2cc(-c3noc(CCC4CCCC4)n3)ccc21. The molecule has 2 heterocycles. The molecular weight excluding hydrogens is 414 g/mol. The number of aryl methyl sites for hydroxylation is 3. The van der Waals surface area contributed by atoms with E-state index in [0.29, 0.717) is 24.7 Å². The molecule has 0 aliphatic heterocycles. The average Bonchev–Trinajstić information content (AvgIpc) is 3.58. The van der Waals surface area contributed by atoms with Crippen LogP contribution in [-0.2, 0) is 17.8 Å². The Labute approximate surface area is 193 Å². The van der Waals surface area contributed by atoms with Crippen molar-refractivity contribution < 1.29 is 9.32 Å². The molecule has 0 bridgehead atoms. The number of nitrogens with one attached hydrogen (secondary N) is 1. The lowest BCUT2D eigenvalue weighted by Gasteiger charge is -2.09. The van der Waals surface area contributed by atoms with E-state index in [1.807, 2.05) is 54.0 Å². The molecule has 0 atom stereocenters. The minimum Gasteiger partial charge on any atom is -0.339 e. The van der Waals surface area contributed by atoms with E-state index >= 15 is 0 Å². The largest absolute Gasteiger partial charge is 0.339 e. The Morgan fingerprint density at radius 1 is 1.18 bits per heavy atom. The predicted molar refractivity (Wildman–Crippen MR) is 128 cm³/mol. The Balaban J connectivity index is 1.21. The van der Waals surface area contributed by atoms with Gasteiger partial charge in [-0.25, -0.2) is 4.98 Å². The molecule has 1 saturated carbocycles. The van der Waals surface area contributed by atoms with Crippen molar-refractivity contribution >= 4 is 22.6 Å². The van der Waals surface area contributed by atoms with E-state index < -0.39 is 0 Å². The van der Waals surface area contributed by atoms with Crippen LogP contribution in [0, 0.1) is 12.8 Å². The lowest BCUT2D eigenvalue weighted by Crippen LogP contribution is -2.14. The molecule has 4 aromatic rings. The van der Waals surface area contributed by atoms with Crippen molar-refractivity contribution in [3.05, 3.63) is 60.2 Å². The van der Waals surface area contributed by atoms with Crippen molar-refractivity contribution in [1.29, 1.82) is 0 Å². The molecule has 0 unspecified atom stereocenters. The summed E-state index contributed by atoms with van der Waals surface area (Å²) >= 11 is 0. The third-order valence-electron chi connectivity index (χ3n) is 6.59. The van der Waals surface area contributed by atoms with Crippen LogP contribution in [0.15, 0.2) is 53.3 Å². The number of fused-ring (bicyclic) bond motifs is 1. The first kappa shape index (κ1) is 21.4. The molecule has 1 N–H and O–H groups in total. The van der Waals surface area contributed by atoms with Gasteiger partial charge in [-0.05, 0) is 49.1 Å². The van der Waals surface area contributed by atoms with Crippen LogP contribution in [0.2, 0.25) is 0 Å². The van der Waals surface area contributed by atoms with Gasteiger partial charge in [-0.3, -0.25) is 4.79 Å². The van der Waals surface area contributed by atoms with Gasteiger partial charge in [0.2, 0.25) is 17.6 Å². The van der Waals surface area contributed by atoms with Gasteiger partial charge < -0.3 is 14.4 Å². The topological polar surface area (TPSA) is 85.8 Å². The van der Waals surface area contributed by atoms with Crippen LogP contribution in [0.25, 0.3) is 22.4 Å². The highest BCUT2D eigenvalue weighted by atomic mass is 16.5. The Hall–Kier alpha value is -3.48. The fourth-order valence-electron chi connectivity index (χ4n) is 4.63. The summed E-state index contributed by atoms with van der Waals surface area (Å²) in [7, 11) is 0. The van der Waals surface area contributed by atoms with E-state index in [1.54, 1.807) is 6.33 Å². The number of hydrogen-bond acceptors (Lipinski definition) is 5. The Morgan fingerprint density at radius 3 is 2.88 bits per heavy atom. The molecule has 1 amide bonds. The fraction of sp³-hybridized carbons (Fsp3) is 0.385. The molecule has 2 aromatic heterocycles. The molecule has 1 aliphatic rings. The van der Waals surface area contributed by atoms with Crippen LogP contribution in [0.1, 0.15) is 50.0 Å². The third-order valence-corrected chi connectivity index (χ3v) is 6.59. The van der Waals surface area contributed by atoms with Gasteiger partial charge in [0.05, 0.1) is 17.4 Å². The number of carbonyl (C=O) groups is 1. The number of aromatic nitrogens is 4. The highest BCUT2D eigenvalue weighted by Crippen LogP contribution is 2.29. The van der Waals surface area contributed by atoms with Crippen LogP contribution < -0.4 is 5.32 Å². The predicted octanol–water partition coefficient (Wildman–Crippen LogP) is 5.55. The standard InChI is InChI=1S/C26H29N5O2/c1-18-6-2-5-9-21(18)28-24(32)14-15-31-17-27-22-16-20(11-12-23(22)31)26-29-25(33-30-26)13-10-19-7-3-4-8-19/h2,5-6,9,11-12,16-17,19H,3-4,7-8,10,13-15H2,1H3,(H,28,32). The van der Waals surface area contributed by atoms with Gasteiger partial charge in [-0.15, -0.1) is 0 Å². The van der Waals surface area contributed by atoms with Crippen molar-refractivity contribution in [2.45, 2.75) is 58.4 Å². The molecule has 170 valence electrons. The second-order valence-electron chi connectivity index (χ2n) is 8.96. The van der Waals surface area contributed by atoms with Gasteiger partial charge >= 0.3 is 0 Å².